The number of aryl methyl sites for hydroxylation is 1. The van der Waals surface area contributed by atoms with Gasteiger partial charge in [0, 0.05) is 4.88 Å². The fourth-order valence-corrected chi connectivity index (χ4v) is 5.05. The summed E-state index contributed by atoms with van der Waals surface area (Å²) in [5.74, 6) is -0.654. The van der Waals surface area contributed by atoms with Gasteiger partial charge in [-0.2, -0.15) is 0 Å². The summed E-state index contributed by atoms with van der Waals surface area (Å²) in [5, 5.41) is 3.42. The number of thiophene rings is 1. The van der Waals surface area contributed by atoms with Crippen molar-refractivity contribution in [3.05, 3.63) is 40.3 Å². The summed E-state index contributed by atoms with van der Waals surface area (Å²) in [6.45, 7) is 2.03. The molecule has 1 aliphatic carbocycles. The van der Waals surface area contributed by atoms with Crippen LogP contribution >= 0.6 is 11.3 Å². The molecule has 0 saturated heterocycles. The van der Waals surface area contributed by atoms with Crippen LogP contribution in [-0.2, 0) is 27.2 Å². The summed E-state index contributed by atoms with van der Waals surface area (Å²) >= 11 is 1.45. The third-order valence-corrected chi connectivity index (χ3v) is 6.20. The number of hydrogen-bond donors (Lipinski definition) is 1. The Labute approximate surface area is 172 Å². The third kappa shape index (κ3) is 3.98. The molecule has 2 heterocycles. The number of nitrogens with one attached hydrogen (secondary N) is 1. The highest BCUT2D eigenvalue weighted by Gasteiger charge is 2.29. The van der Waals surface area contributed by atoms with Gasteiger partial charge >= 0.3 is 11.9 Å². The fraction of sp³-hybridized carbons (Fsp3) is 0.381. The van der Waals surface area contributed by atoms with Gasteiger partial charge in [0.25, 0.3) is 0 Å². The van der Waals surface area contributed by atoms with Gasteiger partial charge < -0.3 is 19.7 Å². The molecule has 1 aromatic carbocycles. The highest BCUT2D eigenvalue weighted by molar-refractivity contribution is 7.17. The number of benzene rings is 1. The highest BCUT2D eigenvalue weighted by Crippen LogP contribution is 2.39. The summed E-state index contributed by atoms with van der Waals surface area (Å²) in [7, 11) is 0. The van der Waals surface area contributed by atoms with Gasteiger partial charge in [-0.25, -0.2) is 9.59 Å². The largest absolute Gasteiger partial charge is 0.462 e. The van der Waals surface area contributed by atoms with Crippen LogP contribution in [0.3, 0.4) is 0 Å². The van der Waals surface area contributed by atoms with Crippen LogP contribution in [0.4, 0.5) is 10.7 Å². The molecule has 0 radical (unpaired) electrons. The maximum atomic E-state index is 12.8. The molecule has 1 amide bonds. The van der Waals surface area contributed by atoms with Gasteiger partial charge in [0.2, 0.25) is 5.91 Å². The van der Waals surface area contributed by atoms with Crippen LogP contribution in [-0.4, -0.2) is 37.5 Å². The quantitative estimate of drug-likeness (QED) is 0.598. The lowest BCUT2D eigenvalue weighted by Crippen LogP contribution is -2.41. The molecule has 29 heavy (non-hydrogen) atoms. The smallest absolute Gasteiger partial charge is 0.341 e. The molecular weight excluding hydrogens is 392 g/mol. The number of amides is 1. The van der Waals surface area contributed by atoms with E-state index in [4.69, 9.17) is 9.47 Å². The first kappa shape index (κ1) is 19.4. The van der Waals surface area contributed by atoms with Crippen molar-refractivity contribution in [2.24, 2.45) is 0 Å². The minimum atomic E-state index is -0.407. The summed E-state index contributed by atoms with van der Waals surface area (Å²) in [5.41, 5.74) is 2.18. The summed E-state index contributed by atoms with van der Waals surface area (Å²) in [6.07, 6.45) is 3.83. The molecule has 1 aliphatic heterocycles. The van der Waals surface area contributed by atoms with E-state index in [9.17, 15) is 14.4 Å². The number of rotatable bonds is 5. The lowest BCUT2D eigenvalue weighted by Gasteiger charge is -2.29. The molecular formula is C21H22N2O5S. The molecule has 1 aromatic heterocycles. The van der Waals surface area contributed by atoms with Crippen molar-refractivity contribution in [1.82, 2.24) is 0 Å². The Morgan fingerprint density at radius 3 is 2.86 bits per heavy atom. The maximum Gasteiger partial charge on any atom is 0.341 e. The molecule has 0 saturated carbocycles. The molecule has 0 spiro atoms. The molecule has 1 N–H and O–H groups in total. The second-order valence-electron chi connectivity index (χ2n) is 6.98. The zero-order valence-corrected chi connectivity index (χ0v) is 17.0. The minimum Gasteiger partial charge on any atom is -0.462 e. The minimum absolute atomic E-state index is 0.00386. The zero-order chi connectivity index (χ0) is 20.4. The second kappa shape index (κ2) is 8.24. The molecule has 2 aliphatic rings. The van der Waals surface area contributed by atoms with E-state index in [1.165, 1.54) is 11.3 Å². The molecule has 0 fully saturated rings. The van der Waals surface area contributed by atoms with Crippen molar-refractivity contribution in [3.63, 3.8) is 0 Å². The van der Waals surface area contributed by atoms with Gasteiger partial charge in [-0.05, 0) is 50.3 Å². The van der Waals surface area contributed by atoms with Crippen LogP contribution in [0, 0.1) is 0 Å². The first-order chi connectivity index (χ1) is 14.1. The maximum absolute atomic E-state index is 12.8. The molecule has 7 nitrogen and oxygen atoms in total. The molecule has 0 unspecified atom stereocenters. The monoisotopic (exact) mass is 414 g/mol. The summed E-state index contributed by atoms with van der Waals surface area (Å²) in [4.78, 5) is 40.0. The number of anilines is 2. The molecule has 0 atom stereocenters. The fourth-order valence-electron chi connectivity index (χ4n) is 3.75. The van der Waals surface area contributed by atoms with Crippen LogP contribution < -0.4 is 15.0 Å². The molecule has 8 heteroatoms. The first-order valence-corrected chi connectivity index (χ1v) is 10.5. The predicted molar refractivity (Wildman–Crippen MR) is 110 cm³/mol. The molecule has 4 rings (SSSR count). The van der Waals surface area contributed by atoms with Gasteiger partial charge in [-0.3, -0.25) is 4.79 Å². The number of esters is 2. The Bertz CT molecular complexity index is 968. The van der Waals surface area contributed by atoms with E-state index in [1.54, 1.807) is 24.0 Å². The summed E-state index contributed by atoms with van der Waals surface area (Å²) < 4.78 is 10.5. The topological polar surface area (TPSA) is 84.9 Å². The van der Waals surface area contributed by atoms with Crippen molar-refractivity contribution >= 4 is 39.9 Å². The van der Waals surface area contributed by atoms with E-state index in [0.717, 1.165) is 36.1 Å². The average Bonchev–Trinajstić information content (AvgIpc) is 3.05. The summed E-state index contributed by atoms with van der Waals surface area (Å²) in [6, 6.07) is 7.11. The van der Waals surface area contributed by atoms with Crippen molar-refractivity contribution in [3.8, 4) is 5.75 Å². The van der Waals surface area contributed by atoms with Gasteiger partial charge in [0.05, 0.1) is 24.4 Å². The van der Waals surface area contributed by atoms with E-state index in [0.29, 0.717) is 22.0 Å². The Balaban J connectivity index is 1.55. The average molecular weight is 414 g/mol. The Hall–Kier alpha value is -2.87. The van der Waals surface area contributed by atoms with Crippen LogP contribution in [0.5, 0.6) is 5.75 Å². The number of para-hydroxylation sites is 2. The second-order valence-corrected chi connectivity index (χ2v) is 8.09. The third-order valence-electron chi connectivity index (χ3n) is 4.99. The van der Waals surface area contributed by atoms with Gasteiger partial charge in [-0.15, -0.1) is 11.3 Å². The lowest BCUT2D eigenvalue weighted by atomic mass is 9.95. The molecule has 0 bridgehead atoms. The van der Waals surface area contributed by atoms with Crippen molar-refractivity contribution in [1.29, 1.82) is 0 Å². The van der Waals surface area contributed by atoms with Crippen molar-refractivity contribution in [2.45, 2.75) is 32.6 Å². The van der Waals surface area contributed by atoms with Gasteiger partial charge in [-0.1, -0.05) is 12.1 Å². The number of carbonyl (C=O) groups is 3. The van der Waals surface area contributed by atoms with Gasteiger partial charge in [0.1, 0.15) is 11.5 Å². The number of carbonyl (C=O) groups excluding carboxylic acids is 3. The Morgan fingerprint density at radius 2 is 2.03 bits per heavy atom. The van der Waals surface area contributed by atoms with E-state index in [1.807, 2.05) is 12.1 Å². The number of ether oxygens (including phenoxy) is 2. The number of fused-ring (bicyclic) bond motifs is 2. The lowest BCUT2D eigenvalue weighted by molar-refractivity contribution is -0.133. The predicted octanol–water partition coefficient (Wildman–Crippen LogP) is 3.17. The SMILES string of the molecule is CCOC(=O)c1c(NC(=O)CN2CC(=O)Oc3ccccc32)sc2c1CCCC2. The standard InChI is InChI=1S/C21H22N2O5S/c1-2-27-21(26)19-13-7-3-6-10-16(13)29-20(19)22-17(24)11-23-12-18(25)28-15-9-5-4-8-14(15)23/h4-5,8-9H,2-3,6-7,10-12H2,1H3,(H,22,24). The van der Waals surface area contributed by atoms with Crippen LogP contribution in [0.15, 0.2) is 24.3 Å². The number of nitrogens with zero attached hydrogens (tertiary/aromatic N) is 1. The Morgan fingerprint density at radius 1 is 1.24 bits per heavy atom. The first-order valence-electron chi connectivity index (χ1n) is 9.73. The van der Waals surface area contributed by atoms with E-state index in [-0.39, 0.29) is 25.6 Å². The van der Waals surface area contributed by atoms with Gasteiger partial charge in [0.15, 0.2) is 5.75 Å². The van der Waals surface area contributed by atoms with Crippen LogP contribution in [0.25, 0.3) is 0 Å². The highest BCUT2D eigenvalue weighted by atomic mass is 32.1. The molecule has 2 aromatic rings. The van der Waals surface area contributed by atoms with E-state index < -0.39 is 11.9 Å². The zero-order valence-electron chi connectivity index (χ0n) is 16.2. The van der Waals surface area contributed by atoms with Crippen molar-refractivity contribution < 1.29 is 23.9 Å². The van der Waals surface area contributed by atoms with Crippen LogP contribution in [0.1, 0.15) is 40.6 Å². The van der Waals surface area contributed by atoms with Crippen molar-refractivity contribution in [2.75, 3.05) is 29.9 Å². The normalized spacial score (nSPS) is 15.2. The van der Waals surface area contributed by atoms with E-state index >= 15 is 0 Å². The number of hydrogen-bond acceptors (Lipinski definition) is 7. The van der Waals surface area contributed by atoms with E-state index in [2.05, 4.69) is 5.32 Å². The molecule has 152 valence electrons. The van der Waals surface area contributed by atoms with Crippen LogP contribution in [0.2, 0.25) is 0 Å². The Kier molecular flexibility index (Phi) is 5.53.